The molecule has 0 saturated heterocycles. The van der Waals surface area contributed by atoms with E-state index in [0.717, 1.165) is 10.9 Å². The first kappa shape index (κ1) is 14.1. The number of aryl methyl sites for hydroxylation is 1. The number of carbonyl (C=O) groups excluding carboxylic acids is 1. The van der Waals surface area contributed by atoms with Gasteiger partial charge < -0.3 is 10.0 Å². The standard InChI is InChI=1S/C16H17NO3/c1-17(11-16(19)20)15(18)9-7-12-6-8-13-4-2-3-5-14(13)10-12/h2-6,8,10H,7,9,11H2,1H3,(H,19,20). The molecule has 1 N–H and O–H groups in total. The van der Waals surface area contributed by atoms with Crippen molar-refractivity contribution in [2.75, 3.05) is 13.6 Å². The molecule has 0 radical (unpaired) electrons. The van der Waals surface area contributed by atoms with Crippen molar-refractivity contribution in [3.63, 3.8) is 0 Å². The Kier molecular flexibility index (Phi) is 4.35. The highest BCUT2D eigenvalue weighted by atomic mass is 16.4. The quantitative estimate of drug-likeness (QED) is 0.908. The van der Waals surface area contributed by atoms with Gasteiger partial charge >= 0.3 is 5.97 Å². The zero-order valence-electron chi connectivity index (χ0n) is 11.4. The number of carboxylic acid groups (broad SMARTS) is 1. The first-order valence-electron chi connectivity index (χ1n) is 6.49. The molecule has 0 aliphatic rings. The van der Waals surface area contributed by atoms with Crippen LogP contribution in [0.4, 0.5) is 0 Å². The molecule has 0 aliphatic carbocycles. The number of carboxylic acids is 1. The first-order chi connectivity index (χ1) is 9.56. The van der Waals surface area contributed by atoms with E-state index < -0.39 is 5.97 Å². The fourth-order valence-electron chi connectivity index (χ4n) is 2.13. The van der Waals surface area contributed by atoms with Gasteiger partial charge in [0, 0.05) is 13.5 Å². The second kappa shape index (κ2) is 6.19. The number of nitrogens with zero attached hydrogens (tertiary/aromatic N) is 1. The van der Waals surface area contributed by atoms with Crippen LogP contribution in [0.25, 0.3) is 10.8 Å². The smallest absolute Gasteiger partial charge is 0.323 e. The predicted molar refractivity (Wildman–Crippen MR) is 77.5 cm³/mol. The molecule has 0 fully saturated rings. The van der Waals surface area contributed by atoms with Crippen molar-refractivity contribution in [2.45, 2.75) is 12.8 Å². The number of hydrogen-bond acceptors (Lipinski definition) is 2. The van der Waals surface area contributed by atoms with Crippen molar-refractivity contribution in [2.24, 2.45) is 0 Å². The minimum absolute atomic E-state index is 0.152. The Hall–Kier alpha value is -2.36. The van der Waals surface area contributed by atoms with Crippen molar-refractivity contribution in [1.29, 1.82) is 0 Å². The molecule has 0 unspecified atom stereocenters. The molecule has 20 heavy (non-hydrogen) atoms. The average molecular weight is 271 g/mol. The van der Waals surface area contributed by atoms with Gasteiger partial charge in [-0.25, -0.2) is 0 Å². The maximum Gasteiger partial charge on any atom is 0.323 e. The van der Waals surface area contributed by atoms with Gasteiger partial charge in [0.1, 0.15) is 6.54 Å². The topological polar surface area (TPSA) is 57.6 Å². The Morgan fingerprint density at radius 1 is 1.10 bits per heavy atom. The molecule has 0 aromatic heterocycles. The van der Waals surface area contributed by atoms with Crippen molar-refractivity contribution in [1.82, 2.24) is 4.90 Å². The van der Waals surface area contributed by atoms with Crippen LogP contribution in [0.1, 0.15) is 12.0 Å². The van der Waals surface area contributed by atoms with E-state index in [1.165, 1.54) is 17.3 Å². The van der Waals surface area contributed by atoms with Gasteiger partial charge in [-0.3, -0.25) is 9.59 Å². The molecule has 0 aliphatic heterocycles. The van der Waals surface area contributed by atoms with Crippen LogP contribution in [-0.2, 0) is 16.0 Å². The molecule has 104 valence electrons. The maximum absolute atomic E-state index is 11.8. The molecule has 2 rings (SSSR count). The number of aliphatic carboxylic acids is 1. The van der Waals surface area contributed by atoms with E-state index in [9.17, 15) is 9.59 Å². The van der Waals surface area contributed by atoms with E-state index in [-0.39, 0.29) is 12.5 Å². The highest BCUT2D eigenvalue weighted by Crippen LogP contribution is 2.16. The fourth-order valence-corrected chi connectivity index (χ4v) is 2.13. The van der Waals surface area contributed by atoms with Crippen LogP contribution in [0, 0.1) is 0 Å². The zero-order valence-corrected chi connectivity index (χ0v) is 11.4. The molecule has 2 aromatic rings. The number of amides is 1. The van der Waals surface area contributed by atoms with Crippen LogP contribution in [0.15, 0.2) is 42.5 Å². The molecule has 0 heterocycles. The highest BCUT2D eigenvalue weighted by Gasteiger charge is 2.11. The number of likely N-dealkylation sites (N-methyl/N-ethyl adjacent to an activating group) is 1. The molecule has 0 bridgehead atoms. The van der Waals surface area contributed by atoms with Gasteiger partial charge in [0.15, 0.2) is 0 Å². The number of hydrogen-bond donors (Lipinski definition) is 1. The summed E-state index contributed by atoms with van der Waals surface area (Å²) in [5.74, 6) is -1.15. The minimum atomic E-state index is -0.994. The third-order valence-electron chi connectivity index (χ3n) is 3.24. The molecule has 0 saturated carbocycles. The van der Waals surface area contributed by atoms with Crippen LogP contribution in [0.5, 0.6) is 0 Å². The number of carbonyl (C=O) groups is 2. The second-order valence-electron chi connectivity index (χ2n) is 4.83. The molecule has 0 atom stereocenters. The van der Waals surface area contributed by atoms with Gasteiger partial charge in [-0.15, -0.1) is 0 Å². The van der Waals surface area contributed by atoms with E-state index in [2.05, 4.69) is 6.07 Å². The van der Waals surface area contributed by atoms with E-state index in [0.29, 0.717) is 12.8 Å². The summed E-state index contributed by atoms with van der Waals surface area (Å²) in [4.78, 5) is 23.6. The summed E-state index contributed by atoms with van der Waals surface area (Å²) in [6.07, 6.45) is 0.940. The van der Waals surface area contributed by atoms with Crippen molar-refractivity contribution >= 4 is 22.6 Å². The van der Waals surface area contributed by atoms with E-state index >= 15 is 0 Å². The maximum atomic E-state index is 11.8. The zero-order chi connectivity index (χ0) is 14.5. The summed E-state index contributed by atoms with van der Waals surface area (Å²) >= 11 is 0. The lowest BCUT2D eigenvalue weighted by Gasteiger charge is -2.14. The van der Waals surface area contributed by atoms with Crippen LogP contribution in [0.3, 0.4) is 0 Å². The number of benzene rings is 2. The molecule has 1 amide bonds. The van der Waals surface area contributed by atoms with Crippen LogP contribution in [0.2, 0.25) is 0 Å². The highest BCUT2D eigenvalue weighted by molar-refractivity contribution is 5.84. The monoisotopic (exact) mass is 271 g/mol. The molecular weight excluding hydrogens is 254 g/mol. The predicted octanol–water partition coefficient (Wildman–Crippen LogP) is 2.32. The Morgan fingerprint density at radius 3 is 2.50 bits per heavy atom. The first-order valence-corrected chi connectivity index (χ1v) is 6.49. The van der Waals surface area contributed by atoms with Crippen LogP contribution in [-0.4, -0.2) is 35.5 Å². The molecule has 4 heteroatoms. The number of rotatable bonds is 5. The van der Waals surface area contributed by atoms with Crippen molar-refractivity contribution in [3.8, 4) is 0 Å². The average Bonchev–Trinajstić information content (AvgIpc) is 2.43. The summed E-state index contributed by atoms with van der Waals surface area (Å²) in [6.45, 7) is -0.253. The van der Waals surface area contributed by atoms with Gasteiger partial charge in [-0.05, 0) is 22.8 Å². The third kappa shape index (κ3) is 3.57. The lowest BCUT2D eigenvalue weighted by Crippen LogP contribution is -2.32. The van der Waals surface area contributed by atoms with E-state index in [1.807, 2.05) is 36.4 Å². The molecule has 2 aromatic carbocycles. The molecular formula is C16H17NO3. The second-order valence-corrected chi connectivity index (χ2v) is 4.83. The van der Waals surface area contributed by atoms with Gasteiger partial charge in [0.25, 0.3) is 0 Å². The van der Waals surface area contributed by atoms with Crippen molar-refractivity contribution in [3.05, 3.63) is 48.0 Å². The fraction of sp³-hybridized carbons (Fsp3) is 0.250. The van der Waals surface area contributed by atoms with Gasteiger partial charge in [0.05, 0.1) is 0 Å². The van der Waals surface area contributed by atoms with Crippen LogP contribution >= 0.6 is 0 Å². The third-order valence-corrected chi connectivity index (χ3v) is 3.24. The molecule has 4 nitrogen and oxygen atoms in total. The van der Waals surface area contributed by atoms with E-state index in [1.54, 1.807) is 0 Å². The Morgan fingerprint density at radius 2 is 1.80 bits per heavy atom. The summed E-state index contributed by atoms with van der Waals surface area (Å²) in [6, 6.07) is 14.2. The van der Waals surface area contributed by atoms with Gasteiger partial charge in [-0.1, -0.05) is 42.5 Å². The Balaban J connectivity index is 1.98. The largest absolute Gasteiger partial charge is 0.480 e. The lowest BCUT2D eigenvalue weighted by molar-refractivity contribution is -0.143. The SMILES string of the molecule is CN(CC(=O)O)C(=O)CCc1ccc2ccccc2c1. The Bertz CT molecular complexity index is 636. The Labute approximate surface area is 117 Å². The number of fused-ring (bicyclic) bond motifs is 1. The summed E-state index contributed by atoms with van der Waals surface area (Å²) in [5.41, 5.74) is 1.08. The summed E-state index contributed by atoms with van der Waals surface area (Å²) in [5, 5.41) is 11.0. The molecule has 0 spiro atoms. The normalized spacial score (nSPS) is 10.4. The van der Waals surface area contributed by atoms with Crippen LogP contribution < -0.4 is 0 Å². The van der Waals surface area contributed by atoms with Gasteiger partial charge in [0.2, 0.25) is 5.91 Å². The van der Waals surface area contributed by atoms with E-state index in [4.69, 9.17) is 5.11 Å². The lowest BCUT2D eigenvalue weighted by atomic mass is 10.0. The summed E-state index contributed by atoms with van der Waals surface area (Å²) < 4.78 is 0. The summed E-state index contributed by atoms with van der Waals surface area (Å²) in [7, 11) is 1.51. The van der Waals surface area contributed by atoms with Gasteiger partial charge in [-0.2, -0.15) is 0 Å². The van der Waals surface area contributed by atoms with Crippen molar-refractivity contribution < 1.29 is 14.7 Å². The minimum Gasteiger partial charge on any atom is -0.480 e.